The number of non-ortho nitro benzene ring substituents is 1. The molecule has 1 aromatic rings. The van der Waals surface area contributed by atoms with E-state index in [0.29, 0.717) is 19.1 Å². The van der Waals surface area contributed by atoms with Gasteiger partial charge in [-0.3, -0.25) is 19.7 Å². The second kappa shape index (κ2) is 10.6. The topological polar surface area (TPSA) is 113 Å². The number of nitro groups is 1. The van der Waals surface area contributed by atoms with E-state index in [2.05, 4.69) is 16.0 Å². The van der Waals surface area contributed by atoms with Crippen LogP contribution in [0.4, 0.5) is 5.69 Å². The number of amides is 2. The van der Waals surface area contributed by atoms with Gasteiger partial charge in [-0.2, -0.15) is 0 Å². The Labute approximate surface area is 159 Å². The summed E-state index contributed by atoms with van der Waals surface area (Å²) in [5, 5.41) is 19.6. The lowest BCUT2D eigenvalue weighted by atomic mass is 10.1. The zero-order valence-corrected chi connectivity index (χ0v) is 15.7. The minimum atomic E-state index is -0.727. The molecule has 1 unspecified atom stereocenters. The molecule has 0 saturated heterocycles. The summed E-state index contributed by atoms with van der Waals surface area (Å²) in [7, 11) is 0. The molecule has 1 aromatic carbocycles. The number of nitrogens with zero attached hydrogens (tertiary/aromatic N) is 1. The Morgan fingerprint density at radius 3 is 2.56 bits per heavy atom. The number of carbonyl (C=O) groups is 2. The minimum Gasteiger partial charge on any atom is -0.353 e. The van der Waals surface area contributed by atoms with Crippen molar-refractivity contribution in [3.63, 3.8) is 0 Å². The summed E-state index contributed by atoms with van der Waals surface area (Å²) in [6.45, 7) is 2.78. The Hall–Kier alpha value is -2.48. The fraction of sp³-hybridized carbons (Fsp3) is 0.579. The molecular formula is C19H28N4O4. The van der Waals surface area contributed by atoms with Crippen molar-refractivity contribution in [1.29, 1.82) is 0 Å². The van der Waals surface area contributed by atoms with E-state index in [0.717, 1.165) is 0 Å². The van der Waals surface area contributed by atoms with Crippen molar-refractivity contribution in [1.82, 2.24) is 16.0 Å². The van der Waals surface area contributed by atoms with Crippen molar-refractivity contribution in [2.75, 3.05) is 13.1 Å². The number of rotatable bonds is 8. The molecule has 27 heavy (non-hydrogen) atoms. The van der Waals surface area contributed by atoms with Crippen molar-refractivity contribution in [2.45, 2.75) is 57.5 Å². The van der Waals surface area contributed by atoms with Gasteiger partial charge in [0.05, 0.1) is 4.92 Å². The van der Waals surface area contributed by atoms with E-state index in [9.17, 15) is 19.7 Å². The maximum Gasteiger partial charge on any atom is 0.270 e. The monoisotopic (exact) mass is 376 g/mol. The van der Waals surface area contributed by atoms with E-state index in [4.69, 9.17) is 0 Å². The lowest BCUT2D eigenvalue weighted by Crippen LogP contribution is -2.46. The average Bonchev–Trinajstić information content (AvgIpc) is 2.93. The first-order valence-corrected chi connectivity index (χ1v) is 9.54. The van der Waals surface area contributed by atoms with Crippen LogP contribution in [-0.2, 0) is 4.79 Å². The van der Waals surface area contributed by atoms with Gasteiger partial charge in [-0.25, -0.2) is 0 Å². The number of hydrogen-bond acceptors (Lipinski definition) is 5. The highest BCUT2D eigenvalue weighted by Gasteiger charge is 2.18. The molecule has 1 aliphatic carbocycles. The van der Waals surface area contributed by atoms with Gasteiger partial charge in [-0.05, 0) is 25.8 Å². The zero-order chi connectivity index (χ0) is 19.6. The Balaban J connectivity index is 1.72. The van der Waals surface area contributed by atoms with E-state index in [1.54, 1.807) is 6.92 Å². The molecule has 0 spiro atoms. The van der Waals surface area contributed by atoms with E-state index in [1.165, 1.54) is 62.8 Å². The van der Waals surface area contributed by atoms with Gasteiger partial charge in [0.1, 0.15) is 6.04 Å². The van der Waals surface area contributed by atoms with Gasteiger partial charge < -0.3 is 16.0 Å². The van der Waals surface area contributed by atoms with Gasteiger partial charge in [0, 0.05) is 36.8 Å². The Morgan fingerprint density at radius 2 is 1.89 bits per heavy atom. The highest BCUT2D eigenvalue weighted by molar-refractivity contribution is 5.97. The van der Waals surface area contributed by atoms with Gasteiger partial charge >= 0.3 is 0 Å². The third-order valence-electron chi connectivity index (χ3n) is 4.77. The molecule has 1 aliphatic rings. The average molecular weight is 376 g/mol. The number of nitro benzene ring substituents is 1. The molecule has 0 radical (unpaired) electrons. The molecule has 3 N–H and O–H groups in total. The zero-order valence-electron chi connectivity index (χ0n) is 15.7. The van der Waals surface area contributed by atoms with Crippen LogP contribution in [0.25, 0.3) is 0 Å². The van der Waals surface area contributed by atoms with E-state index >= 15 is 0 Å². The molecule has 0 aliphatic heterocycles. The molecule has 148 valence electrons. The molecule has 8 nitrogen and oxygen atoms in total. The Bertz CT molecular complexity index is 657. The molecular weight excluding hydrogens is 348 g/mol. The molecule has 1 atom stereocenters. The van der Waals surface area contributed by atoms with Crippen molar-refractivity contribution < 1.29 is 14.5 Å². The quantitative estimate of drug-likeness (QED) is 0.278. The Kier molecular flexibility index (Phi) is 8.19. The summed E-state index contributed by atoms with van der Waals surface area (Å²) in [6, 6.07) is 5.22. The van der Waals surface area contributed by atoms with Crippen molar-refractivity contribution in [3.8, 4) is 0 Å². The SMILES string of the molecule is CC(NC(=O)c1cccc([N+](=O)[O-])c1)C(=O)NCCNC1CCCCCC1. The molecule has 2 rings (SSSR count). The second-order valence-corrected chi connectivity index (χ2v) is 6.94. The van der Waals surface area contributed by atoms with Crippen LogP contribution in [0.3, 0.4) is 0 Å². The standard InChI is InChI=1S/C19H28N4O4/c1-14(22-19(25)15-7-6-10-17(13-15)23(26)27)18(24)21-12-11-20-16-8-4-2-3-5-9-16/h6-7,10,13-14,16,20H,2-5,8-9,11-12H2,1H3,(H,21,24)(H,22,25). The summed E-state index contributed by atoms with van der Waals surface area (Å²) >= 11 is 0. The summed E-state index contributed by atoms with van der Waals surface area (Å²) in [5.74, 6) is -0.797. The fourth-order valence-corrected chi connectivity index (χ4v) is 3.20. The summed E-state index contributed by atoms with van der Waals surface area (Å²) < 4.78 is 0. The third kappa shape index (κ3) is 6.97. The maximum absolute atomic E-state index is 12.2. The predicted molar refractivity (Wildman–Crippen MR) is 103 cm³/mol. The van der Waals surface area contributed by atoms with Crippen LogP contribution >= 0.6 is 0 Å². The number of benzene rings is 1. The van der Waals surface area contributed by atoms with Crippen molar-refractivity contribution in [3.05, 3.63) is 39.9 Å². The predicted octanol–water partition coefficient (Wildman–Crippen LogP) is 2.14. The molecule has 1 saturated carbocycles. The molecule has 0 aromatic heterocycles. The van der Waals surface area contributed by atoms with Crippen LogP contribution in [0.2, 0.25) is 0 Å². The van der Waals surface area contributed by atoms with E-state index in [1.807, 2.05) is 0 Å². The van der Waals surface area contributed by atoms with Crippen LogP contribution < -0.4 is 16.0 Å². The summed E-state index contributed by atoms with van der Waals surface area (Å²) in [5.41, 5.74) is -0.0109. The first-order chi connectivity index (χ1) is 13.0. The first-order valence-electron chi connectivity index (χ1n) is 9.54. The molecule has 1 fully saturated rings. The fourth-order valence-electron chi connectivity index (χ4n) is 3.20. The van der Waals surface area contributed by atoms with Crippen LogP contribution in [0, 0.1) is 10.1 Å². The highest BCUT2D eigenvalue weighted by Crippen LogP contribution is 2.16. The summed E-state index contributed by atoms with van der Waals surface area (Å²) in [6.07, 6.45) is 7.48. The smallest absolute Gasteiger partial charge is 0.270 e. The highest BCUT2D eigenvalue weighted by atomic mass is 16.6. The number of nitrogens with one attached hydrogen (secondary N) is 3. The normalized spacial score (nSPS) is 16.2. The lowest BCUT2D eigenvalue weighted by molar-refractivity contribution is -0.384. The molecule has 2 amide bonds. The summed E-state index contributed by atoms with van der Waals surface area (Å²) in [4.78, 5) is 34.5. The van der Waals surface area contributed by atoms with Gasteiger partial charge in [-0.1, -0.05) is 31.7 Å². The van der Waals surface area contributed by atoms with E-state index in [-0.39, 0.29) is 17.2 Å². The Morgan fingerprint density at radius 1 is 1.19 bits per heavy atom. The number of carbonyl (C=O) groups excluding carboxylic acids is 2. The maximum atomic E-state index is 12.2. The van der Waals surface area contributed by atoms with Gasteiger partial charge in [0.2, 0.25) is 5.91 Å². The molecule has 0 bridgehead atoms. The minimum absolute atomic E-state index is 0.152. The second-order valence-electron chi connectivity index (χ2n) is 6.94. The van der Waals surface area contributed by atoms with Gasteiger partial charge in [0.15, 0.2) is 0 Å². The molecule has 0 heterocycles. The van der Waals surface area contributed by atoms with Crippen LogP contribution in [0.1, 0.15) is 55.8 Å². The van der Waals surface area contributed by atoms with Crippen molar-refractivity contribution >= 4 is 17.5 Å². The lowest BCUT2D eigenvalue weighted by Gasteiger charge is -2.17. The van der Waals surface area contributed by atoms with E-state index < -0.39 is 16.9 Å². The first kappa shape index (κ1) is 20.8. The molecule has 8 heteroatoms. The largest absolute Gasteiger partial charge is 0.353 e. The van der Waals surface area contributed by atoms with Gasteiger partial charge in [-0.15, -0.1) is 0 Å². The van der Waals surface area contributed by atoms with Crippen molar-refractivity contribution in [2.24, 2.45) is 0 Å². The van der Waals surface area contributed by atoms with Gasteiger partial charge in [0.25, 0.3) is 11.6 Å². The third-order valence-corrected chi connectivity index (χ3v) is 4.77. The van der Waals surface area contributed by atoms with Crippen LogP contribution in [0.5, 0.6) is 0 Å². The van der Waals surface area contributed by atoms with Crippen LogP contribution in [-0.4, -0.2) is 41.9 Å². The van der Waals surface area contributed by atoms with Crippen LogP contribution in [0.15, 0.2) is 24.3 Å². The number of hydrogen-bond donors (Lipinski definition) is 3.